The van der Waals surface area contributed by atoms with Gasteiger partial charge in [0.1, 0.15) is 23.2 Å². The third-order valence-electron chi connectivity index (χ3n) is 3.69. The molecule has 134 valence electrons. The molecular weight excluding hydrogens is 347 g/mol. The second kappa shape index (κ2) is 6.51. The van der Waals surface area contributed by atoms with Gasteiger partial charge in [0.25, 0.3) is 0 Å². The largest absolute Gasteiger partial charge is 0.389 e. The number of hydrogen-bond donors (Lipinski definition) is 2. The van der Waals surface area contributed by atoms with Crippen LogP contribution in [0.25, 0.3) is 22.4 Å². The predicted molar refractivity (Wildman–Crippen MR) is 89.6 cm³/mol. The number of pyridine rings is 2. The average molecular weight is 361 g/mol. The lowest BCUT2D eigenvalue weighted by atomic mass is 10.1. The molecule has 3 aromatic rings. The summed E-state index contributed by atoms with van der Waals surface area (Å²) in [4.78, 5) is 12.4. The summed E-state index contributed by atoms with van der Waals surface area (Å²) in [6, 6.07) is 8.37. The van der Waals surface area contributed by atoms with E-state index in [-0.39, 0.29) is 30.4 Å². The van der Waals surface area contributed by atoms with Gasteiger partial charge in [-0.2, -0.15) is 18.4 Å². The van der Waals surface area contributed by atoms with Gasteiger partial charge < -0.3 is 16.0 Å². The second-order valence-electron chi connectivity index (χ2n) is 5.66. The maximum Gasteiger partial charge on any atom is 0.389 e. The molecule has 0 saturated carbocycles. The van der Waals surface area contributed by atoms with Crippen molar-refractivity contribution in [3.63, 3.8) is 0 Å². The van der Waals surface area contributed by atoms with Crippen molar-refractivity contribution in [2.45, 2.75) is 25.6 Å². The molecule has 4 N–H and O–H groups in total. The van der Waals surface area contributed by atoms with Gasteiger partial charge >= 0.3 is 6.18 Å². The van der Waals surface area contributed by atoms with E-state index in [1.54, 1.807) is 24.3 Å². The lowest BCUT2D eigenvalue weighted by molar-refractivity contribution is -0.135. The zero-order chi connectivity index (χ0) is 18.9. The molecule has 0 aliphatic heterocycles. The van der Waals surface area contributed by atoms with Crippen LogP contribution in [0, 0.1) is 11.3 Å². The van der Waals surface area contributed by atoms with Gasteiger partial charge in [0.15, 0.2) is 5.65 Å². The summed E-state index contributed by atoms with van der Waals surface area (Å²) in [7, 11) is 0. The SMILES string of the molecule is N#Cc1nc2ccc(-c3cc(N)nc(N)c3)nc2n1CCCC(F)(F)F. The van der Waals surface area contributed by atoms with Gasteiger partial charge in [-0.3, -0.25) is 0 Å². The third kappa shape index (κ3) is 3.66. The number of aryl methyl sites for hydroxylation is 1. The third-order valence-corrected chi connectivity index (χ3v) is 3.69. The highest BCUT2D eigenvalue weighted by Crippen LogP contribution is 2.26. The number of imidazole rings is 1. The van der Waals surface area contributed by atoms with E-state index < -0.39 is 12.6 Å². The smallest absolute Gasteiger partial charge is 0.384 e. The van der Waals surface area contributed by atoms with E-state index in [9.17, 15) is 18.4 Å². The molecule has 3 rings (SSSR count). The molecule has 0 spiro atoms. The standard InChI is InChI=1S/C16H14F3N7/c17-16(18,19)4-1-5-26-14(8-20)23-11-3-2-10(24-15(11)26)9-6-12(21)25-13(22)7-9/h2-3,6-7H,1,4-5H2,(H4,21,22,25). The average Bonchev–Trinajstić information content (AvgIpc) is 2.90. The number of aromatic nitrogens is 4. The fourth-order valence-corrected chi connectivity index (χ4v) is 2.62. The number of alkyl halides is 3. The number of nitrogens with zero attached hydrogens (tertiary/aromatic N) is 5. The normalized spacial score (nSPS) is 11.6. The Kier molecular flexibility index (Phi) is 4.38. The number of rotatable bonds is 4. The number of nitrogens with two attached hydrogens (primary N) is 2. The Morgan fingerprint density at radius 3 is 2.38 bits per heavy atom. The van der Waals surface area contributed by atoms with Crippen molar-refractivity contribution in [2.75, 3.05) is 11.5 Å². The molecule has 0 aromatic carbocycles. The Bertz CT molecular complexity index is 981. The fourth-order valence-electron chi connectivity index (χ4n) is 2.62. The first-order valence-corrected chi connectivity index (χ1v) is 7.64. The van der Waals surface area contributed by atoms with Crippen LogP contribution < -0.4 is 11.5 Å². The number of fused-ring (bicyclic) bond motifs is 1. The molecule has 0 amide bonds. The second-order valence-corrected chi connectivity index (χ2v) is 5.66. The molecule has 0 aliphatic rings. The molecule has 0 saturated heterocycles. The van der Waals surface area contributed by atoms with E-state index in [4.69, 9.17) is 11.5 Å². The van der Waals surface area contributed by atoms with Gasteiger partial charge in [-0.05, 0) is 30.7 Å². The Morgan fingerprint density at radius 1 is 1.08 bits per heavy atom. The van der Waals surface area contributed by atoms with Crippen molar-refractivity contribution in [3.05, 3.63) is 30.1 Å². The van der Waals surface area contributed by atoms with Gasteiger partial charge in [-0.15, -0.1) is 0 Å². The van der Waals surface area contributed by atoms with Crippen LogP contribution in [0.4, 0.5) is 24.8 Å². The predicted octanol–water partition coefficient (Wildman–Crippen LogP) is 2.87. The Balaban J connectivity index is 2.02. The van der Waals surface area contributed by atoms with Crippen molar-refractivity contribution in [1.82, 2.24) is 19.5 Å². The highest BCUT2D eigenvalue weighted by Gasteiger charge is 2.26. The first-order chi connectivity index (χ1) is 12.3. The van der Waals surface area contributed by atoms with E-state index in [0.717, 1.165) is 0 Å². The minimum atomic E-state index is -4.26. The number of anilines is 2. The topological polar surface area (TPSA) is 119 Å². The van der Waals surface area contributed by atoms with Gasteiger partial charge in [-0.1, -0.05) is 0 Å². The van der Waals surface area contributed by atoms with E-state index in [0.29, 0.717) is 22.4 Å². The molecule has 3 aromatic heterocycles. The van der Waals surface area contributed by atoms with E-state index >= 15 is 0 Å². The zero-order valence-electron chi connectivity index (χ0n) is 13.5. The molecule has 10 heteroatoms. The number of hydrogen-bond acceptors (Lipinski definition) is 6. The molecule has 3 heterocycles. The lowest BCUT2D eigenvalue weighted by Gasteiger charge is -2.09. The molecule has 26 heavy (non-hydrogen) atoms. The summed E-state index contributed by atoms with van der Waals surface area (Å²) in [5, 5.41) is 9.21. The van der Waals surface area contributed by atoms with E-state index in [1.165, 1.54) is 4.57 Å². The Labute approximate surface area is 146 Å². The van der Waals surface area contributed by atoms with E-state index in [1.807, 2.05) is 6.07 Å². The van der Waals surface area contributed by atoms with Crippen molar-refractivity contribution in [1.29, 1.82) is 5.26 Å². The van der Waals surface area contributed by atoms with Crippen LogP contribution in [-0.4, -0.2) is 25.7 Å². The summed E-state index contributed by atoms with van der Waals surface area (Å²) >= 11 is 0. The number of nitriles is 1. The molecule has 0 fully saturated rings. The molecule has 0 unspecified atom stereocenters. The monoisotopic (exact) mass is 361 g/mol. The van der Waals surface area contributed by atoms with E-state index in [2.05, 4.69) is 15.0 Å². The maximum absolute atomic E-state index is 12.4. The van der Waals surface area contributed by atoms with Crippen LogP contribution in [0.3, 0.4) is 0 Å². The first-order valence-electron chi connectivity index (χ1n) is 7.64. The van der Waals surface area contributed by atoms with Crippen molar-refractivity contribution < 1.29 is 13.2 Å². The molecule has 0 aliphatic carbocycles. The van der Waals surface area contributed by atoms with Gasteiger partial charge in [-0.25, -0.2) is 15.0 Å². The molecule has 0 bridgehead atoms. The zero-order valence-corrected chi connectivity index (χ0v) is 13.5. The van der Waals surface area contributed by atoms with Crippen molar-refractivity contribution >= 4 is 22.8 Å². The molecule has 0 atom stereocenters. The summed E-state index contributed by atoms with van der Waals surface area (Å²) < 4.78 is 38.6. The Hall–Kier alpha value is -3.35. The van der Waals surface area contributed by atoms with Crippen molar-refractivity contribution in [2.24, 2.45) is 0 Å². The summed E-state index contributed by atoms with van der Waals surface area (Å²) in [5.74, 6) is 0.456. The maximum atomic E-state index is 12.4. The number of nitrogen functional groups attached to an aromatic ring is 2. The molecular formula is C16H14F3N7. The van der Waals surface area contributed by atoms with Gasteiger partial charge in [0.2, 0.25) is 5.82 Å². The lowest BCUT2D eigenvalue weighted by Crippen LogP contribution is -2.10. The minimum absolute atomic E-state index is 0.0144. The van der Waals surface area contributed by atoms with Crippen LogP contribution in [-0.2, 0) is 6.54 Å². The van der Waals surface area contributed by atoms with Gasteiger partial charge in [0, 0.05) is 18.5 Å². The fraction of sp³-hybridized carbons (Fsp3) is 0.250. The highest BCUT2D eigenvalue weighted by atomic mass is 19.4. The summed E-state index contributed by atoms with van der Waals surface area (Å²) in [6.45, 7) is -0.0179. The highest BCUT2D eigenvalue weighted by molar-refractivity contribution is 5.77. The minimum Gasteiger partial charge on any atom is -0.384 e. The van der Waals surface area contributed by atoms with Gasteiger partial charge in [0.05, 0.1) is 5.69 Å². The summed E-state index contributed by atoms with van der Waals surface area (Å²) in [6.07, 6.45) is -5.38. The quantitative estimate of drug-likeness (QED) is 0.737. The molecule has 7 nitrogen and oxygen atoms in total. The van der Waals surface area contributed by atoms with Crippen LogP contribution in [0.15, 0.2) is 24.3 Å². The summed E-state index contributed by atoms with van der Waals surface area (Å²) in [5.41, 5.74) is 13.2. The van der Waals surface area contributed by atoms with Crippen LogP contribution in [0.1, 0.15) is 18.7 Å². The van der Waals surface area contributed by atoms with Crippen LogP contribution in [0.5, 0.6) is 0 Å². The van der Waals surface area contributed by atoms with Crippen LogP contribution in [0.2, 0.25) is 0 Å². The van der Waals surface area contributed by atoms with Crippen LogP contribution >= 0.6 is 0 Å². The van der Waals surface area contributed by atoms with Crippen molar-refractivity contribution in [3.8, 4) is 17.3 Å². The Morgan fingerprint density at radius 2 is 1.77 bits per heavy atom. The molecule has 0 radical (unpaired) electrons. The number of halogens is 3. The first kappa shape index (κ1) is 17.5.